The average molecular weight is 533 g/mol. The summed E-state index contributed by atoms with van der Waals surface area (Å²) < 4.78 is 6.31. The number of carbonyl (C=O) groups is 1. The highest BCUT2D eigenvalue weighted by atomic mass is 16.5. The number of fused-ring (bicyclic) bond motifs is 7. The number of ether oxygens (including phenoxy) is 1. The van der Waals surface area contributed by atoms with Crippen molar-refractivity contribution in [1.82, 2.24) is 0 Å². The Kier molecular flexibility index (Phi) is 6.49. The Labute approximate surface area is 239 Å². The molecule has 0 heterocycles. The lowest BCUT2D eigenvalue weighted by Gasteiger charge is -2.73. The molecule has 5 saturated carbocycles. The van der Waals surface area contributed by atoms with Crippen LogP contribution < -0.4 is 0 Å². The molecule has 0 N–H and O–H groups in total. The van der Waals surface area contributed by atoms with Crippen molar-refractivity contribution in [2.75, 3.05) is 0 Å². The van der Waals surface area contributed by atoms with E-state index in [1.165, 1.54) is 57.8 Å². The molecule has 216 valence electrons. The number of rotatable bonds is 3. The molecule has 2 nitrogen and oxygen atoms in total. The maximum atomic E-state index is 13.1. The van der Waals surface area contributed by atoms with Crippen LogP contribution in [0.5, 0.6) is 0 Å². The highest BCUT2D eigenvalue weighted by molar-refractivity contribution is 5.89. The van der Waals surface area contributed by atoms with E-state index in [-0.39, 0.29) is 17.5 Å². The summed E-state index contributed by atoms with van der Waals surface area (Å²) in [4.78, 5) is 13.1. The lowest BCUT2D eigenvalue weighted by Crippen LogP contribution is -2.66. The predicted octanol–water partition coefficient (Wildman–Crippen LogP) is 9.97. The second-order valence-electron chi connectivity index (χ2n) is 16.9. The molecule has 0 bridgehead atoms. The van der Waals surface area contributed by atoms with Crippen LogP contribution in [0.2, 0.25) is 0 Å². The van der Waals surface area contributed by atoms with Gasteiger partial charge >= 0.3 is 5.97 Å². The maximum Gasteiger partial charge on any atom is 0.338 e. The molecule has 5 fully saturated rings. The van der Waals surface area contributed by atoms with Gasteiger partial charge in [-0.2, -0.15) is 0 Å². The van der Waals surface area contributed by atoms with Crippen molar-refractivity contribution in [3.05, 3.63) is 35.9 Å². The predicted molar refractivity (Wildman–Crippen MR) is 160 cm³/mol. The minimum absolute atomic E-state index is 0.000222. The van der Waals surface area contributed by atoms with Crippen molar-refractivity contribution in [1.29, 1.82) is 0 Å². The molecule has 5 aliphatic rings. The molecule has 1 unspecified atom stereocenters. The standard InChI is InChI=1S/C37H56O2/c1-24(2)26-16-19-34(5)22-23-36(7)27(31(26)34)14-15-29-35(6)20-18-30(39-32(38)25-12-10-9-11-13-25)33(3,4)28(35)17-21-37(29,36)8/h9-13,24,26-31H,14-23H2,1-8H3/t26-,27+,28-,29+,30?,31+,34+,35-,36+,37+/m0/s1. The topological polar surface area (TPSA) is 26.3 Å². The van der Waals surface area contributed by atoms with Crippen LogP contribution in [0.15, 0.2) is 30.3 Å². The van der Waals surface area contributed by atoms with Gasteiger partial charge in [-0.05, 0) is 134 Å². The van der Waals surface area contributed by atoms with Crippen molar-refractivity contribution < 1.29 is 9.53 Å². The Morgan fingerprint density at radius 1 is 0.769 bits per heavy atom. The molecular formula is C37H56O2. The molecule has 0 spiro atoms. The number of hydrogen-bond donors (Lipinski definition) is 0. The van der Waals surface area contributed by atoms with Gasteiger partial charge in [0.25, 0.3) is 0 Å². The molecule has 1 aromatic carbocycles. The quantitative estimate of drug-likeness (QED) is 0.362. The summed E-state index contributed by atoms with van der Waals surface area (Å²) >= 11 is 0. The van der Waals surface area contributed by atoms with Crippen molar-refractivity contribution in [3.63, 3.8) is 0 Å². The first kappa shape index (κ1) is 27.8. The summed E-state index contributed by atoms with van der Waals surface area (Å²) in [6.07, 6.45) is 13.5. The Morgan fingerprint density at radius 3 is 2.18 bits per heavy atom. The normalized spacial score (nSPS) is 48.4. The fraction of sp³-hybridized carbons (Fsp3) is 0.811. The molecule has 0 amide bonds. The van der Waals surface area contributed by atoms with Crippen LogP contribution in [0.3, 0.4) is 0 Å². The van der Waals surface area contributed by atoms with Gasteiger partial charge in [-0.15, -0.1) is 0 Å². The van der Waals surface area contributed by atoms with E-state index >= 15 is 0 Å². The minimum atomic E-state index is -0.146. The van der Waals surface area contributed by atoms with E-state index in [1.807, 2.05) is 30.3 Å². The van der Waals surface area contributed by atoms with Crippen molar-refractivity contribution in [3.8, 4) is 0 Å². The zero-order valence-electron chi connectivity index (χ0n) is 26.3. The van der Waals surface area contributed by atoms with Gasteiger partial charge in [0.05, 0.1) is 5.56 Å². The van der Waals surface area contributed by atoms with Crippen LogP contribution in [0.25, 0.3) is 0 Å². The monoisotopic (exact) mass is 532 g/mol. The smallest absolute Gasteiger partial charge is 0.338 e. The Bertz CT molecular complexity index is 1090. The van der Waals surface area contributed by atoms with Crippen molar-refractivity contribution in [2.45, 2.75) is 126 Å². The third kappa shape index (κ3) is 3.81. The number of hydrogen-bond acceptors (Lipinski definition) is 2. The second kappa shape index (κ2) is 9.09. The fourth-order valence-electron chi connectivity index (χ4n) is 12.7. The molecule has 1 aromatic rings. The van der Waals surface area contributed by atoms with Gasteiger partial charge in [0.2, 0.25) is 0 Å². The Hall–Kier alpha value is -1.31. The number of esters is 1. The summed E-state index contributed by atoms with van der Waals surface area (Å²) in [5, 5.41) is 0. The minimum Gasteiger partial charge on any atom is -0.458 e. The average Bonchev–Trinajstić information content (AvgIpc) is 3.24. The molecular weight excluding hydrogens is 476 g/mol. The molecule has 5 aliphatic carbocycles. The SMILES string of the molecule is CC(C)[C@@H]1CC[C@]2(C)CC[C@]3(C)[C@H](CC[C@@H]4[C@@]5(C)CCC(OC(=O)c6ccccc6)C(C)(C)[C@@H]5CC[C@]43C)[C@@H]12. The highest BCUT2D eigenvalue weighted by Gasteiger charge is 2.70. The first-order valence-corrected chi connectivity index (χ1v) is 16.5. The molecule has 39 heavy (non-hydrogen) atoms. The second-order valence-corrected chi connectivity index (χ2v) is 16.9. The first-order valence-electron chi connectivity index (χ1n) is 16.5. The van der Waals surface area contributed by atoms with Crippen LogP contribution >= 0.6 is 0 Å². The molecule has 0 saturated heterocycles. The fourth-order valence-corrected chi connectivity index (χ4v) is 12.7. The van der Waals surface area contributed by atoms with Crippen LogP contribution in [0, 0.1) is 62.6 Å². The summed E-state index contributed by atoms with van der Waals surface area (Å²) in [7, 11) is 0. The Morgan fingerprint density at radius 2 is 1.49 bits per heavy atom. The van der Waals surface area contributed by atoms with Gasteiger partial charge in [0, 0.05) is 5.41 Å². The van der Waals surface area contributed by atoms with Crippen LogP contribution in [-0.2, 0) is 4.74 Å². The van der Waals surface area contributed by atoms with Crippen LogP contribution in [0.1, 0.15) is 130 Å². The van der Waals surface area contributed by atoms with Crippen molar-refractivity contribution >= 4 is 5.97 Å². The maximum absolute atomic E-state index is 13.1. The first-order chi connectivity index (χ1) is 18.3. The third-order valence-corrected chi connectivity index (χ3v) is 15.0. The molecule has 0 radical (unpaired) electrons. The summed E-state index contributed by atoms with van der Waals surface area (Å²) in [5.74, 6) is 4.78. The lowest BCUT2D eigenvalue weighted by atomic mass is 9.32. The zero-order valence-corrected chi connectivity index (χ0v) is 26.3. The van der Waals surface area contributed by atoms with E-state index in [0.717, 1.165) is 36.0 Å². The largest absolute Gasteiger partial charge is 0.458 e. The van der Waals surface area contributed by atoms with Crippen molar-refractivity contribution in [2.24, 2.45) is 62.6 Å². The summed E-state index contributed by atoms with van der Waals surface area (Å²) in [6, 6.07) is 9.60. The van der Waals surface area contributed by atoms with E-state index < -0.39 is 0 Å². The summed E-state index contributed by atoms with van der Waals surface area (Å²) in [6.45, 7) is 20.7. The van der Waals surface area contributed by atoms with Gasteiger partial charge in [-0.25, -0.2) is 4.79 Å². The molecule has 0 aromatic heterocycles. The van der Waals surface area contributed by atoms with E-state index in [4.69, 9.17) is 4.74 Å². The van der Waals surface area contributed by atoms with E-state index in [9.17, 15) is 4.79 Å². The lowest BCUT2D eigenvalue weighted by molar-refractivity contribution is -0.247. The number of benzene rings is 1. The van der Waals surface area contributed by atoms with Gasteiger partial charge in [-0.1, -0.05) is 73.6 Å². The van der Waals surface area contributed by atoms with Crippen LogP contribution in [0.4, 0.5) is 0 Å². The van der Waals surface area contributed by atoms with Crippen LogP contribution in [-0.4, -0.2) is 12.1 Å². The Balaban J connectivity index is 1.28. The van der Waals surface area contributed by atoms with Gasteiger partial charge < -0.3 is 4.74 Å². The van der Waals surface area contributed by atoms with E-state index in [0.29, 0.717) is 33.1 Å². The van der Waals surface area contributed by atoms with Gasteiger partial charge in [0.15, 0.2) is 0 Å². The third-order valence-electron chi connectivity index (χ3n) is 15.0. The van der Waals surface area contributed by atoms with E-state index in [1.54, 1.807) is 0 Å². The van der Waals surface area contributed by atoms with E-state index in [2.05, 4.69) is 55.4 Å². The van der Waals surface area contributed by atoms with Gasteiger partial charge in [0.1, 0.15) is 6.10 Å². The molecule has 2 heteroatoms. The van der Waals surface area contributed by atoms with Gasteiger partial charge in [-0.3, -0.25) is 0 Å². The molecule has 0 aliphatic heterocycles. The summed E-state index contributed by atoms with van der Waals surface area (Å²) in [5.41, 5.74) is 2.44. The highest BCUT2D eigenvalue weighted by Crippen LogP contribution is 2.77. The molecule has 6 rings (SSSR count). The number of carbonyl (C=O) groups excluding carboxylic acids is 1. The zero-order chi connectivity index (χ0) is 28.0. The molecule has 10 atom stereocenters.